The van der Waals surface area contributed by atoms with E-state index < -0.39 is 11.9 Å². The maximum absolute atomic E-state index is 12.0. The van der Waals surface area contributed by atoms with Crippen LogP contribution >= 0.6 is 0 Å². The number of aromatic nitrogens is 3. The summed E-state index contributed by atoms with van der Waals surface area (Å²) in [5.41, 5.74) is 1.38. The van der Waals surface area contributed by atoms with Crippen LogP contribution in [0.4, 0.5) is 10.5 Å². The van der Waals surface area contributed by atoms with E-state index in [0.717, 1.165) is 5.69 Å². The van der Waals surface area contributed by atoms with Crippen LogP contribution in [0.15, 0.2) is 36.7 Å². The van der Waals surface area contributed by atoms with Crippen LogP contribution in [0.3, 0.4) is 0 Å². The average Bonchev–Trinajstić information content (AvgIpc) is 3.02. The number of aliphatic carboxylic acids is 1. The number of hydrogen-bond acceptors (Lipinski definition) is 4. The first-order chi connectivity index (χ1) is 10.5. The normalized spacial score (nSPS) is 11.7. The molecule has 0 radical (unpaired) electrons. The number of carbonyl (C=O) groups is 2. The molecule has 1 unspecified atom stereocenters. The van der Waals surface area contributed by atoms with Gasteiger partial charge in [-0.1, -0.05) is 6.92 Å². The molecule has 2 N–H and O–H groups in total. The minimum Gasteiger partial charge on any atom is -0.481 e. The van der Waals surface area contributed by atoms with Gasteiger partial charge in [-0.3, -0.25) is 4.79 Å². The highest BCUT2D eigenvalue weighted by Gasteiger charge is 2.17. The number of urea groups is 1. The standard InChI is InChI=1S/C14H17N5O3/c1-10(13(20)21)9-18(2)14(22)17-11-3-5-12(6-4-11)19-15-7-8-16-19/h3-8,10H,9H2,1-2H3,(H,17,22)(H,20,21). The van der Waals surface area contributed by atoms with Crippen LogP contribution < -0.4 is 5.32 Å². The van der Waals surface area contributed by atoms with E-state index in [-0.39, 0.29) is 12.6 Å². The Hall–Kier alpha value is -2.90. The molecule has 116 valence electrons. The summed E-state index contributed by atoms with van der Waals surface area (Å²) in [6.07, 6.45) is 3.16. The van der Waals surface area contributed by atoms with Gasteiger partial charge in [-0.25, -0.2) is 4.79 Å². The SMILES string of the molecule is CC(CN(C)C(=O)Nc1ccc(-n2nccn2)cc1)C(=O)O. The van der Waals surface area contributed by atoms with Gasteiger partial charge >= 0.3 is 12.0 Å². The Kier molecular flexibility index (Phi) is 4.72. The Morgan fingerprint density at radius 1 is 1.27 bits per heavy atom. The first kappa shape index (κ1) is 15.5. The maximum Gasteiger partial charge on any atom is 0.321 e. The first-order valence-electron chi connectivity index (χ1n) is 6.69. The van der Waals surface area contributed by atoms with Crippen molar-refractivity contribution in [3.8, 4) is 5.69 Å². The van der Waals surface area contributed by atoms with E-state index in [2.05, 4.69) is 15.5 Å². The van der Waals surface area contributed by atoms with Gasteiger partial charge in [0.05, 0.1) is 24.0 Å². The fourth-order valence-electron chi connectivity index (χ4n) is 1.82. The Morgan fingerprint density at radius 2 is 1.86 bits per heavy atom. The number of carbonyl (C=O) groups excluding carboxylic acids is 1. The molecule has 1 heterocycles. The number of rotatable bonds is 5. The van der Waals surface area contributed by atoms with E-state index in [1.165, 1.54) is 9.70 Å². The molecule has 1 aromatic carbocycles. The Balaban J connectivity index is 1.95. The lowest BCUT2D eigenvalue weighted by Crippen LogP contribution is -2.36. The quantitative estimate of drug-likeness (QED) is 0.870. The molecule has 0 aliphatic carbocycles. The zero-order chi connectivity index (χ0) is 16.1. The number of carboxylic acids is 1. The van der Waals surface area contributed by atoms with E-state index in [1.54, 1.807) is 50.6 Å². The highest BCUT2D eigenvalue weighted by molar-refractivity contribution is 5.89. The summed E-state index contributed by atoms with van der Waals surface area (Å²) < 4.78 is 0. The molecular formula is C14H17N5O3. The summed E-state index contributed by atoms with van der Waals surface area (Å²) in [7, 11) is 1.55. The van der Waals surface area contributed by atoms with Gasteiger partial charge < -0.3 is 15.3 Å². The molecule has 0 saturated heterocycles. The van der Waals surface area contributed by atoms with E-state index in [0.29, 0.717) is 5.69 Å². The van der Waals surface area contributed by atoms with Crippen molar-refractivity contribution in [2.24, 2.45) is 5.92 Å². The molecule has 0 saturated carbocycles. The minimum atomic E-state index is -0.935. The van der Waals surface area contributed by atoms with Crippen LogP contribution in [0.2, 0.25) is 0 Å². The first-order valence-corrected chi connectivity index (χ1v) is 6.69. The number of amides is 2. The molecule has 0 aliphatic heterocycles. The third-order valence-corrected chi connectivity index (χ3v) is 3.08. The summed E-state index contributed by atoms with van der Waals surface area (Å²) in [4.78, 5) is 25.6. The van der Waals surface area contributed by atoms with Crippen LogP contribution in [0.1, 0.15) is 6.92 Å². The van der Waals surface area contributed by atoms with Crippen molar-refractivity contribution in [3.05, 3.63) is 36.7 Å². The van der Waals surface area contributed by atoms with E-state index in [9.17, 15) is 9.59 Å². The summed E-state index contributed by atoms with van der Waals surface area (Å²) in [5, 5.41) is 19.6. The molecular weight excluding hydrogens is 286 g/mol. The number of nitrogens with one attached hydrogen (secondary N) is 1. The monoisotopic (exact) mass is 303 g/mol. The molecule has 2 aromatic rings. The van der Waals surface area contributed by atoms with Gasteiger partial charge in [0.25, 0.3) is 0 Å². The molecule has 8 nitrogen and oxygen atoms in total. The van der Waals surface area contributed by atoms with Crippen molar-refractivity contribution in [2.75, 3.05) is 18.9 Å². The van der Waals surface area contributed by atoms with Crippen LogP contribution in [0.25, 0.3) is 5.69 Å². The molecule has 8 heteroatoms. The second-order valence-corrected chi connectivity index (χ2v) is 4.92. The van der Waals surface area contributed by atoms with E-state index in [1.807, 2.05) is 0 Å². The van der Waals surface area contributed by atoms with Crippen LogP contribution in [-0.2, 0) is 4.79 Å². The van der Waals surface area contributed by atoms with Gasteiger partial charge in [0, 0.05) is 19.3 Å². The maximum atomic E-state index is 12.0. The lowest BCUT2D eigenvalue weighted by atomic mass is 10.2. The van der Waals surface area contributed by atoms with Crippen LogP contribution in [0.5, 0.6) is 0 Å². The smallest absolute Gasteiger partial charge is 0.321 e. The zero-order valence-corrected chi connectivity index (χ0v) is 12.3. The number of nitrogens with zero attached hydrogens (tertiary/aromatic N) is 4. The predicted octanol–water partition coefficient (Wildman–Crippen LogP) is 1.45. The van der Waals surface area contributed by atoms with E-state index >= 15 is 0 Å². The Bertz CT molecular complexity index is 639. The van der Waals surface area contributed by atoms with Crippen molar-refractivity contribution < 1.29 is 14.7 Å². The largest absolute Gasteiger partial charge is 0.481 e. The fourth-order valence-corrected chi connectivity index (χ4v) is 1.82. The third kappa shape index (κ3) is 3.81. The van der Waals surface area contributed by atoms with Crippen molar-refractivity contribution in [1.29, 1.82) is 0 Å². The zero-order valence-electron chi connectivity index (χ0n) is 12.3. The molecule has 0 spiro atoms. The van der Waals surface area contributed by atoms with Gasteiger partial charge in [-0.15, -0.1) is 0 Å². The second kappa shape index (κ2) is 6.70. The van der Waals surface area contributed by atoms with Gasteiger partial charge in [0.15, 0.2) is 0 Å². The fraction of sp³-hybridized carbons (Fsp3) is 0.286. The highest BCUT2D eigenvalue weighted by atomic mass is 16.4. The van der Waals surface area contributed by atoms with Crippen LogP contribution in [0, 0.1) is 5.92 Å². The number of benzene rings is 1. The molecule has 1 aromatic heterocycles. The molecule has 0 aliphatic rings. The van der Waals surface area contributed by atoms with Crippen molar-refractivity contribution in [3.63, 3.8) is 0 Å². The van der Waals surface area contributed by atoms with Gasteiger partial charge in [-0.05, 0) is 24.3 Å². The van der Waals surface area contributed by atoms with Crippen molar-refractivity contribution in [2.45, 2.75) is 6.92 Å². The number of carboxylic acid groups (broad SMARTS) is 1. The summed E-state index contributed by atoms with van der Waals surface area (Å²) in [5.74, 6) is -1.56. The summed E-state index contributed by atoms with van der Waals surface area (Å²) >= 11 is 0. The van der Waals surface area contributed by atoms with Gasteiger partial charge in [-0.2, -0.15) is 15.0 Å². The molecule has 1 atom stereocenters. The van der Waals surface area contributed by atoms with Crippen LogP contribution in [-0.4, -0.2) is 50.6 Å². The molecule has 2 amide bonds. The number of hydrogen-bond donors (Lipinski definition) is 2. The lowest BCUT2D eigenvalue weighted by Gasteiger charge is -2.20. The predicted molar refractivity (Wildman–Crippen MR) is 79.8 cm³/mol. The average molecular weight is 303 g/mol. The number of anilines is 1. The third-order valence-electron chi connectivity index (χ3n) is 3.08. The Labute approximate surface area is 127 Å². The van der Waals surface area contributed by atoms with Crippen molar-refractivity contribution in [1.82, 2.24) is 19.9 Å². The lowest BCUT2D eigenvalue weighted by molar-refractivity contribution is -0.141. The molecule has 0 bridgehead atoms. The molecule has 0 fully saturated rings. The second-order valence-electron chi connectivity index (χ2n) is 4.92. The Morgan fingerprint density at radius 3 is 2.41 bits per heavy atom. The summed E-state index contributed by atoms with van der Waals surface area (Å²) in [6, 6.07) is 6.64. The van der Waals surface area contributed by atoms with Crippen molar-refractivity contribution >= 4 is 17.7 Å². The molecule has 2 rings (SSSR count). The summed E-state index contributed by atoms with van der Waals surface area (Å²) in [6.45, 7) is 1.69. The minimum absolute atomic E-state index is 0.135. The topological polar surface area (TPSA) is 100 Å². The molecule has 22 heavy (non-hydrogen) atoms. The van der Waals surface area contributed by atoms with E-state index in [4.69, 9.17) is 5.11 Å². The highest BCUT2D eigenvalue weighted by Crippen LogP contribution is 2.12. The van der Waals surface area contributed by atoms with Gasteiger partial charge in [0.1, 0.15) is 0 Å². The van der Waals surface area contributed by atoms with Gasteiger partial charge in [0.2, 0.25) is 0 Å².